The molecule has 3 aliphatic rings. The average Bonchev–Trinajstić information content (AvgIpc) is 3.02. The van der Waals surface area contributed by atoms with Crippen molar-refractivity contribution in [3.63, 3.8) is 0 Å². The smallest absolute Gasteiger partial charge is 0.151 e. The zero-order valence-electron chi connectivity index (χ0n) is 17.4. The number of hydrogen-bond donors (Lipinski definition) is 0. The second kappa shape index (κ2) is 7.00. The molecule has 2 aliphatic heterocycles. The molecule has 0 N–H and O–H groups in total. The fourth-order valence-electron chi connectivity index (χ4n) is 5.49. The van der Waals surface area contributed by atoms with Crippen LogP contribution in [0.4, 0.5) is 10.2 Å². The summed E-state index contributed by atoms with van der Waals surface area (Å²) in [4.78, 5) is 8.82. The van der Waals surface area contributed by atoms with Gasteiger partial charge in [-0.25, -0.2) is 9.37 Å². The molecule has 2 fully saturated rings. The number of halogens is 2. The number of pyridine rings is 1. The fraction of sp³-hybridized carbons (Fsp3) is 0.435. The van der Waals surface area contributed by atoms with Crippen LogP contribution in [-0.4, -0.2) is 44.3 Å². The fourth-order valence-corrected chi connectivity index (χ4v) is 5.68. The maximum Gasteiger partial charge on any atom is 0.151 e. The molecule has 0 radical (unpaired) electrons. The summed E-state index contributed by atoms with van der Waals surface area (Å²) < 4.78 is 15.4. The van der Waals surface area contributed by atoms with Crippen LogP contribution in [0.3, 0.4) is 0 Å². The number of benzene rings is 1. The summed E-state index contributed by atoms with van der Waals surface area (Å²) in [5.41, 5.74) is 2.69. The van der Waals surface area contributed by atoms with Crippen molar-refractivity contribution in [2.45, 2.75) is 38.8 Å². The van der Waals surface area contributed by atoms with Crippen LogP contribution < -0.4 is 4.90 Å². The first-order valence-corrected chi connectivity index (χ1v) is 11.2. The quantitative estimate of drug-likeness (QED) is 0.614. The highest BCUT2D eigenvalue weighted by molar-refractivity contribution is 6.30. The topological polar surface area (TPSA) is 50.1 Å². The van der Waals surface area contributed by atoms with Crippen LogP contribution in [0.5, 0.6) is 0 Å². The molecule has 1 aromatic carbocycles. The van der Waals surface area contributed by atoms with E-state index in [0.29, 0.717) is 11.3 Å². The van der Waals surface area contributed by atoms with E-state index in [-0.39, 0.29) is 5.82 Å². The maximum absolute atomic E-state index is 13.1. The van der Waals surface area contributed by atoms with Crippen molar-refractivity contribution in [2.24, 2.45) is 5.41 Å². The molecule has 6 nitrogen and oxygen atoms in total. The maximum atomic E-state index is 13.1. The molecule has 6 rings (SSSR count). The molecule has 0 atom stereocenters. The molecule has 0 bridgehead atoms. The van der Waals surface area contributed by atoms with Gasteiger partial charge in [0, 0.05) is 36.0 Å². The Kier molecular flexibility index (Phi) is 4.34. The molecule has 1 saturated carbocycles. The van der Waals surface area contributed by atoms with Crippen molar-refractivity contribution in [1.29, 1.82) is 0 Å². The van der Waals surface area contributed by atoms with E-state index < -0.39 is 0 Å². The Morgan fingerprint density at radius 3 is 2.71 bits per heavy atom. The molecule has 2 aromatic heterocycles. The van der Waals surface area contributed by atoms with E-state index in [1.54, 1.807) is 6.07 Å². The van der Waals surface area contributed by atoms with Crippen molar-refractivity contribution < 1.29 is 4.39 Å². The van der Waals surface area contributed by atoms with Gasteiger partial charge in [0.05, 0.1) is 18.4 Å². The van der Waals surface area contributed by atoms with E-state index in [2.05, 4.69) is 48.6 Å². The third kappa shape index (κ3) is 3.13. The Labute approximate surface area is 185 Å². The van der Waals surface area contributed by atoms with Gasteiger partial charge in [-0.05, 0) is 55.3 Å². The van der Waals surface area contributed by atoms with Crippen molar-refractivity contribution >= 4 is 17.4 Å². The van der Waals surface area contributed by atoms with E-state index in [1.807, 2.05) is 6.07 Å². The summed E-state index contributed by atoms with van der Waals surface area (Å²) in [5, 5.41) is 10.00. The molecular weight excluding hydrogens is 415 g/mol. The lowest BCUT2D eigenvalue weighted by atomic mass is 9.57. The van der Waals surface area contributed by atoms with Gasteiger partial charge in [0.2, 0.25) is 0 Å². The normalized spacial score (nSPS) is 20.0. The first kappa shape index (κ1) is 19.2. The number of aromatic nitrogens is 4. The van der Waals surface area contributed by atoms with Gasteiger partial charge in [0.25, 0.3) is 0 Å². The lowest BCUT2D eigenvalue weighted by Gasteiger charge is -2.59. The molecule has 160 valence electrons. The number of rotatable bonds is 3. The molecular formula is C23H24ClFN6. The monoisotopic (exact) mass is 438 g/mol. The average molecular weight is 439 g/mol. The predicted molar refractivity (Wildman–Crippen MR) is 117 cm³/mol. The van der Waals surface area contributed by atoms with Crippen LogP contribution >= 0.6 is 11.6 Å². The van der Waals surface area contributed by atoms with Gasteiger partial charge in [0.1, 0.15) is 17.5 Å². The third-order valence-electron chi connectivity index (χ3n) is 7.06. The molecule has 1 spiro atoms. The van der Waals surface area contributed by atoms with Gasteiger partial charge < -0.3 is 4.90 Å². The van der Waals surface area contributed by atoms with Crippen LogP contribution in [0.25, 0.3) is 5.69 Å². The van der Waals surface area contributed by atoms with E-state index in [1.165, 1.54) is 17.8 Å². The van der Waals surface area contributed by atoms with Crippen LogP contribution in [0.2, 0.25) is 5.02 Å². The van der Waals surface area contributed by atoms with E-state index in [0.717, 1.165) is 73.7 Å². The first-order valence-electron chi connectivity index (χ1n) is 10.9. The molecule has 0 amide bonds. The Morgan fingerprint density at radius 1 is 1.13 bits per heavy atom. The Bertz CT molecular complexity index is 1130. The number of nitrogens with zero attached hydrogens (tertiary/aromatic N) is 6. The van der Waals surface area contributed by atoms with Crippen LogP contribution in [0.1, 0.15) is 42.9 Å². The number of anilines is 1. The Hall–Kier alpha value is -2.51. The van der Waals surface area contributed by atoms with Gasteiger partial charge in [-0.2, -0.15) is 0 Å². The second-order valence-corrected chi connectivity index (χ2v) is 9.62. The highest BCUT2D eigenvalue weighted by Crippen LogP contribution is 2.56. The summed E-state index contributed by atoms with van der Waals surface area (Å²) in [6.45, 7) is 6.72. The summed E-state index contributed by atoms with van der Waals surface area (Å²) in [6.07, 6.45) is 3.49. The lowest BCUT2D eigenvalue weighted by Crippen LogP contribution is -2.62. The molecule has 1 aliphatic carbocycles. The highest BCUT2D eigenvalue weighted by atomic mass is 35.5. The number of hydrogen-bond acceptors (Lipinski definition) is 5. The van der Waals surface area contributed by atoms with E-state index in [4.69, 9.17) is 11.6 Å². The standard InChI is InChI=1S/C23H24ClFN6/c1-2-29-11-15-7-17(24)3-5-19(15)31-21(12-29)27-28-22(31)16-8-23(9-16)13-30(14-23)20-6-4-18(25)10-26-20/h3-7,10,16H,2,8-9,11-14H2,1H3. The minimum atomic E-state index is -0.293. The van der Waals surface area contributed by atoms with Gasteiger partial charge >= 0.3 is 0 Å². The molecule has 31 heavy (non-hydrogen) atoms. The molecule has 3 aromatic rings. The lowest BCUT2D eigenvalue weighted by molar-refractivity contribution is 0.0581. The second-order valence-electron chi connectivity index (χ2n) is 9.18. The van der Waals surface area contributed by atoms with Crippen LogP contribution in [0.15, 0.2) is 36.5 Å². The zero-order chi connectivity index (χ0) is 21.2. The molecule has 4 heterocycles. The predicted octanol–water partition coefficient (Wildman–Crippen LogP) is 4.17. The number of fused-ring (bicyclic) bond motifs is 3. The van der Waals surface area contributed by atoms with Gasteiger partial charge in [-0.3, -0.25) is 9.47 Å². The van der Waals surface area contributed by atoms with Gasteiger partial charge in [-0.15, -0.1) is 10.2 Å². The minimum absolute atomic E-state index is 0.293. The SMILES string of the molecule is CCN1Cc2cc(Cl)ccc2-n2c(nnc2C2CC3(C2)CN(c2ccc(F)cn2)C3)C1. The van der Waals surface area contributed by atoms with Crippen LogP contribution in [-0.2, 0) is 13.1 Å². The summed E-state index contributed by atoms with van der Waals surface area (Å²) in [5.74, 6) is 3.04. The van der Waals surface area contributed by atoms with Gasteiger partial charge in [0.15, 0.2) is 5.82 Å². The Balaban J connectivity index is 1.24. The van der Waals surface area contributed by atoms with E-state index >= 15 is 0 Å². The van der Waals surface area contributed by atoms with E-state index in [9.17, 15) is 4.39 Å². The molecule has 1 saturated heterocycles. The van der Waals surface area contributed by atoms with Crippen molar-refractivity contribution in [1.82, 2.24) is 24.6 Å². The molecule has 8 heteroatoms. The highest BCUT2D eigenvalue weighted by Gasteiger charge is 2.54. The summed E-state index contributed by atoms with van der Waals surface area (Å²) in [6, 6.07) is 9.37. The zero-order valence-corrected chi connectivity index (χ0v) is 18.2. The first-order chi connectivity index (χ1) is 15.0. The van der Waals surface area contributed by atoms with Gasteiger partial charge in [-0.1, -0.05) is 18.5 Å². The summed E-state index contributed by atoms with van der Waals surface area (Å²) >= 11 is 6.31. The largest absolute Gasteiger partial charge is 0.355 e. The Morgan fingerprint density at radius 2 is 1.97 bits per heavy atom. The van der Waals surface area contributed by atoms with Crippen molar-refractivity contribution in [2.75, 3.05) is 24.5 Å². The summed E-state index contributed by atoms with van der Waals surface area (Å²) in [7, 11) is 0. The van der Waals surface area contributed by atoms with Crippen LogP contribution in [0, 0.1) is 11.2 Å². The molecule has 0 unspecified atom stereocenters. The third-order valence-corrected chi connectivity index (χ3v) is 7.29. The van der Waals surface area contributed by atoms with Crippen molar-refractivity contribution in [3.8, 4) is 5.69 Å². The minimum Gasteiger partial charge on any atom is -0.355 e. The van der Waals surface area contributed by atoms with Crippen molar-refractivity contribution in [3.05, 3.63) is 64.6 Å².